The number of unbranched alkanes of at least 4 members (excludes halogenated alkanes) is 1. The smallest absolute Gasteiger partial charge is 0.121 e. The number of halogens is 2. The molecule has 1 aromatic carbocycles. The topological polar surface area (TPSA) is 66.5 Å². The molecule has 0 aromatic heterocycles. The zero-order chi connectivity index (χ0) is 12.1. The van der Waals surface area contributed by atoms with Gasteiger partial charge in [0.05, 0.1) is 12.1 Å². The fourth-order valence-electron chi connectivity index (χ4n) is 1.60. The molecule has 0 saturated heterocycles. The Morgan fingerprint density at radius 2 is 2.06 bits per heavy atom. The van der Waals surface area contributed by atoms with E-state index >= 15 is 0 Å². The van der Waals surface area contributed by atoms with Crippen LogP contribution in [0.2, 0.25) is 0 Å². The van der Waals surface area contributed by atoms with Crippen LogP contribution in [0.3, 0.4) is 0 Å². The van der Waals surface area contributed by atoms with E-state index in [1.807, 2.05) is 0 Å². The number of aliphatic hydroxyl groups excluding tert-OH is 1. The van der Waals surface area contributed by atoms with Crippen molar-refractivity contribution in [2.75, 3.05) is 0 Å². The summed E-state index contributed by atoms with van der Waals surface area (Å²) in [6, 6.07) is 4.60. The van der Waals surface area contributed by atoms with Crippen molar-refractivity contribution in [3.63, 3.8) is 0 Å². The Labute approximate surface area is 117 Å². The summed E-state index contributed by atoms with van der Waals surface area (Å²) < 4.78 is 0.795. The number of phenols is 1. The van der Waals surface area contributed by atoms with Crippen molar-refractivity contribution < 1.29 is 10.2 Å². The van der Waals surface area contributed by atoms with Crippen LogP contribution >= 0.6 is 28.3 Å². The zero-order valence-electron chi connectivity index (χ0n) is 9.77. The molecule has 0 spiro atoms. The first-order valence-corrected chi connectivity index (χ1v) is 6.27. The third kappa shape index (κ3) is 4.84. The van der Waals surface area contributed by atoms with Crippen molar-refractivity contribution in [1.29, 1.82) is 0 Å². The molecule has 1 rings (SSSR count). The van der Waals surface area contributed by atoms with E-state index in [0.29, 0.717) is 12.0 Å². The Kier molecular flexibility index (Phi) is 7.79. The Bertz CT molecular complexity index is 349. The lowest BCUT2D eigenvalue weighted by Crippen LogP contribution is -2.26. The summed E-state index contributed by atoms with van der Waals surface area (Å²) in [5, 5.41) is 19.6. The Balaban J connectivity index is 0.00000256. The van der Waals surface area contributed by atoms with Gasteiger partial charge < -0.3 is 15.9 Å². The highest BCUT2D eigenvalue weighted by atomic mass is 79.9. The van der Waals surface area contributed by atoms with E-state index in [4.69, 9.17) is 5.73 Å². The minimum absolute atomic E-state index is 0. The van der Waals surface area contributed by atoms with Crippen LogP contribution in [-0.2, 0) is 0 Å². The van der Waals surface area contributed by atoms with Gasteiger partial charge in [0.1, 0.15) is 5.75 Å². The van der Waals surface area contributed by atoms with Crippen LogP contribution < -0.4 is 5.73 Å². The largest absolute Gasteiger partial charge is 0.508 e. The molecule has 0 bridgehead atoms. The van der Waals surface area contributed by atoms with E-state index < -0.39 is 12.1 Å². The van der Waals surface area contributed by atoms with Crippen LogP contribution in [0.5, 0.6) is 5.75 Å². The Morgan fingerprint density at radius 3 is 2.59 bits per heavy atom. The first kappa shape index (κ1) is 16.7. The first-order chi connectivity index (χ1) is 7.56. The number of aromatic hydroxyl groups is 1. The molecule has 5 heteroatoms. The van der Waals surface area contributed by atoms with Crippen molar-refractivity contribution in [1.82, 2.24) is 0 Å². The lowest BCUT2D eigenvalue weighted by molar-refractivity contribution is 0.131. The standard InChI is InChI=1S/C12H18BrNO2.ClH/c1-2-3-4-10(15)12(14)9-6-5-8(13)7-11(9)16;/h5-7,10,12,15-16H,2-4,14H2,1H3;1H/t10-,12+;/m1./s1. The van der Waals surface area contributed by atoms with Crippen LogP contribution in [-0.4, -0.2) is 16.3 Å². The Hall–Kier alpha value is -0.290. The minimum atomic E-state index is -0.605. The second-order valence-corrected chi connectivity index (χ2v) is 4.85. The quantitative estimate of drug-likeness (QED) is 0.779. The van der Waals surface area contributed by atoms with Gasteiger partial charge in [-0.05, 0) is 18.6 Å². The fourth-order valence-corrected chi connectivity index (χ4v) is 1.95. The van der Waals surface area contributed by atoms with E-state index in [-0.39, 0.29) is 18.2 Å². The molecule has 17 heavy (non-hydrogen) atoms. The van der Waals surface area contributed by atoms with Crippen LogP contribution in [0.15, 0.2) is 22.7 Å². The molecule has 2 atom stereocenters. The SMILES string of the molecule is CCCC[C@@H](O)[C@@H](N)c1ccc(Br)cc1O.Cl. The number of rotatable bonds is 5. The van der Waals surface area contributed by atoms with E-state index in [0.717, 1.165) is 17.3 Å². The van der Waals surface area contributed by atoms with Gasteiger partial charge in [0, 0.05) is 10.0 Å². The van der Waals surface area contributed by atoms with Crippen LogP contribution in [0.4, 0.5) is 0 Å². The monoisotopic (exact) mass is 323 g/mol. The summed E-state index contributed by atoms with van der Waals surface area (Å²) in [6.07, 6.45) is 2.02. The highest BCUT2D eigenvalue weighted by molar-refractivity contribution is 9.10. The average Bonchev–Trinajstić information content (AvgIpc) is 2.25. The molecule has 3 nitrogen and oxygen atoms in total. The Morgan fingerprint density at radius 1 is 1.41 bits per heavy atom. The van der Waals surface area contributed by atoms with E-state index in [1.54, 1.807) is 18.2 Å². The van der Waals surface area contributed by atoms with E-state index in [2.05, 4.69) is 22.9 Å². The third-order valence-electron chi connectivity index (χ3n) is 2.62. The fraction of sp³-hybridized carbons (Fsp3) is 0.500. The van der Waals surface area contributed by atoms with Gasteiger partial charge in [0.25, 0.3) is 0 Å². The maximum absolute atomic E-state index is 9.85. The van der Waals surface area contributed by atoms with E-state index in [9.17, 15) is 10.2 Å². The van der Waals surface area contributed by atoms with Crippen LogP contribution in [0.25, 0.3) is 0 Å². The molecule has 4 N–H and O–H groups in total. The molecule has 0 radical (unpaired) electrons. The molecule has 0 heterocycles. The van der Waals surface area contributed by atoms with Crippen molar-refractivity contribution >= 4 is 28.3 Å². The summed E-state index contributed by atoms with van der Waals surface area (Å²) >= 11 is 3.26. The molecule has 0 fully saturated rings. The molecule has 0 amide bonds. The van der Waals surface area contributed by atoms with Gasteiger partial charge in [-0.1, -0.05) is 41.8 Å². The van der Waals surface area contributed by atoms with Gasteiger partial charge in [-0.15, -0.1) is 12.4 Å². The molecule has 0 unspecified atom stereocenters. The summed E-state index contributed by atoms with van der Waals surface area (Å²) in [5.74, 6) is 0.123. The predicted molar refractivity (Wildman–Crippen MR) is 75.5 cm³/mol. The van der Waals surface area contributed by atoms with E-state index in [1.165, 1.54) is 0 Å². The maximum atomic E-state index is 9.85. The predicted octanol–water partition coefficient (Wildman–Crippen LogP) is 3.13. The molecule has 0 saturated carbocycles. The lowest BCUT2D eigenvalue weighted by Gasteiger charge is -2.20. The van der Waals surface area contributed by atoms with Gasteiger partial charge in [-0.3, -0.25) is 0 Å². The highest BCUT2D eigenvalue weighted by Gasteiger charge is 2.19. The molecular weight excluding hydrogens is 305 g/mol. The second-order valence-electron chi connectivity index (χ2n) is 3.94. The van der Waals surface area contributed by atoms with Gasteiger partial charge in [-0.25, -0.2) is 0 Å². The first-order valence-electron chi connectivity index (χ1n) is 5.48. The average molecular weight is 325 g/mol. The van der Waals surface area contributed by atoms with Crippen molar-refractivity contribution in [3.8, 4) is 5.75 Å². The summed E-state index contributed by atoms with van der Waals surface area (Å²) in [7, 11) is 0. The summed E-state index contributed by atoms with van der Waals surface area (Å²) in [6.45, 7) is 2.06. The number of hydrogen-bond donors (Lipinski definition) is 3. The molecule has 0 aliphatic rings. The highest BCUT2D eigenvalue weighted by Crippen LogP contribution is 2.29. The van der Waals surface area contributed by atoms with Crippen molar-refractivity contribution in [2.24, 2.45) is 5.73 Å². The van der Waals surface area contributed by atoms with Gasteiger partial charge >= 0.3 is 0 Å². The molecular formula is C12H19BrClNO2. The van der Waals surface area contributed by atoms with Gasteiger partial charge in [0.2, 0.25) is 0 Å². The molecule has 0 aliphatic heterocycles. The maximum Gasteiger partial charge on any atom is 0.121 e. The van der Waals surface area contributed by atoms with Gasteiger partial charge in [-0.2, -0.15) is 0 Å². The number of nitrogens with two attached hydrogens (primary N) is 1. The van der Waals surface area contributed by atoms with Crippen LogP contribution in [0, 0.1) is 0 Å². The molecule has 98 valence electrons. The van der Waals surface area contributed by atoms with Crippen molar-refractivity contribution in [2.45, 2.75) is 38.3 Å². The lowest BCUT2D eigenvalue weighted by atomic mass is 9.98. The normalized spacial score (nSPS) is 13.9. The zero-order valence-corrected chi connectivity index (χ0v) is 12.2. The number of benzene rings is 1. The van der Waals surface area contributed by atoms with Crippen molar-refractivity contribution in [3.05, 3.63) is 28.2 Å². The summed E-state index contributed by atoms with van der Waals surface area (Å²) in [5.41, 5.74) is 6.49. The molecule has 1 aromatic rings. The van der Waals surface area contributed by atoms with Crippen LogP contribution in [0.1, 0.15) is 37.8 Å². The number of phenolic OH excluding ortho intramolecular Hbond substituents is 1. The second kappa shape index (κ2) is 7.93. The minimum Gasteiger partial charge on any atom is -0.508 e. The third-order valence-corrected chi connectivity index (χ3v) is 3.11. The summed E-state index contributed by atoms with van der Waals surface area (Å²) in [4.78, 5) is 0. The number of aliphatic hydroxyl groups is 1. The van der Waals surface area contributed by atoms with Gasteiger partial charge in [0.15, 0.2) is 0 Å². The number of hydrogen-bond acceptors (Lipinski definition) is 3. The molecule has 0 aliphatic carbocycles.